The van der Waals surface area contributed by atoms with Gasteiger partial charge in [-0.15, -0.1) is 0 Å². The molecule has 6 heteroatoms. The van der Waals surface area contributed by atoms with Crippen molar-refractivity contribution >= 4 is 32.9 Å². The Bertz CT molecular complexity index is 616. The van der Waals surface area contributed by atoms with E-state index in [2.05, 4.69) is 21.0 Å². The molecule has 0 atom stereocenters. The van der Waals surface area contributed by atoms with Crippen LogP contribution in [0, 0.1) is 5.82 Å². The van der Waals surface area contributed by atoms with Crippen LogP contribution in [-0.2, 0) is 4.74 Å². The first-order chi connectivity index (χ1) is 8.29. The van der Waals surface area contributed by atoms with Crippen LogP contribution in [0.4, 0.5) is 9.18 Å². The van der Waals surface area contributed by atoms with E-state index in [0.29, 0.717) is 9.99 Å². The number of rotatable bonds is 0. The standard InChI is InChI=1S/C12H12BrFN2O2/c1-12(2,3)18-11(17)16-9-5-4-8(13)10(14)7(9)6-15-16/h4-6H,1-3H3. The number of carbonyl (C=O) groups is 1. The molecule has 0 aliphatic carbocycles. The first-order valence-electron chi connectivity index (χ1n) is 5.35. The van der Waals surface area contributed by atoms with Crippen molar-refractivity contribution in [1.29, 1.82) is 0 Å². The Morgan fingerprint density at radius 3 is 2.72 bits per heavy atom. The maximum Gasteiger partial charge on any atom is 0.435 e. The van der Waals surface area contributed by atoms with Crippen LogP contribution in [-0.4, -0.2) is 21.5 Å². The molecule has 0 fully saturated rings. The van der Waals surface area contributed by atoms with E-state index in [1.165, 1.54) is 12.3 Å². The third kappa shape index (κ3) is 2.38. The number of nitrogens with zero attached hydrogens (tertiary/aromatic N) is 2. The number of fused-ring (bicyclic) bond motifs is 1. The average molecular weight is 315 g/mol. The second-order valence-corrected chi connectivity index (χ2v) is 5.69. The number of ether oxygens (including phenoxy) is 1. The van der Waals surface area contributed by atoms with Crippen LogP contribution < -0.4 is 0 Å². The monoisotopic (exact) mass is 314 g/mol. The molecule has 0 spiro atoms. The summed E-state index contributed by atoms with van der Waals surface area (Å²) in [4.78, 5) is 11.9. The van der Waals surface area contributed by atoms with Crippen LogP contribution in [0.3, 0.4) is 0 Å². The lowest BCUT2D eigenvalue weighted by Crippen LogP contribution is -2.27. The molecule has 18 heavy (non-hydrogen) atoms. The van der Waals surface area contributed by atoms with Crippen molar-refractivity contribution in [2.75, 3.05) is 0 Å². The van der Waals surface area contributed by atoms with Gasteiger partial charge >= 0.3 is 6.09 Å². The summed E-state index contributed by atoms with van der Waals surface area (Å²) in [6.07, 6.45) is 0.679. The Hall–Kier alpha value is -1.43. The molecule has 0 saturated carbocycles. The quantitative estimate of drug-likeness (QED) is 0.744. The molecule has 0 unspecified atom stereocenters. The van der Waals surface area contributed by atoms with Gasteiger partial charge in [-0.25, -0.2) is 9.18 Å². The van der Waals surface area contributed by atoms with E-state index in [0.717, 1.165) is 4.68 Å². The lowest BCUT2D eigenvalue weighted by molar-refractivity contribution is 0.0523. The van der Waals surface area contributed by atoms with Gasteiger partial charge in [-0.3, -0.25) is 0 Å². The van der Waals surface area contributed by atoms with Gasteiger partial charge in [-0.05, 0) is 48.8 Å². The maximum atomic E-state index is 13.8. The fourth-order valence-electron chi connectivity index (χ4n) is 1.49. The predicted molar refractivity (Wildman–Crippen MR) is 69.0 cm³/mol. The van der Waals surface area contributed by atoms with E-state index in [1.54, 1.807) is 26.8 Å². The highest BCUT2D eigenvalue weighted by molar-refractivity contribution is 9.10. The molecule has 0 saturated heterocycles. The lowest BCUT2D eigenvalue weighted by atomic mass is 10.2. The van der Waals surface area contributed by atoms with Gasteiger partial charge in [0.1, 0.15) is 11.4 Å². The Balaban J connectivity index is 2.48. The van der Waals surface area contributed by atoms with Gasteiger partial charge in [0.2, 0.25) is 0 Å². The molecule has 2 rings (SSSR count). The molecular formula is C12H12BrFN2O2. The van der Waals surface area contributed by atoms with E-state index in [1.807, 2.05) is 0 Å². The van der Waals surface area contributed by atoms with Crippen LogP contribution >= 0.6 is 15.9 Å². The van der Waals surface area contributed by atoms with Crippen LogP contribution in [0.15, 0.2) is 22.8 Å². The molecule has 96 valence electrons. The number of halogens is 2. The van der Waals surface area contributed by atoms with Crippen LogP contribution in [0.25, 0.3) is 10.9 Å². The van der Waals surface area contributed by atoms with E-state index >= 15 is 0 Å². The van der Waals surface area contributed by atoms with Crippen molar-refractivity contribution in [2.24, 2.45) is 0 Å². The smallest absolute Gasteiger partial charge is 0.435 e. The van der Waals surface area contributed by atoms with Crippen molar-refractivity contribution in [3.8, 4) is 0 Å². The van der Waals surface area contributed by atoms with E-state index in [4.69, 9.17) is 4.74 Å². The minimum atomic E-state index is -0.626. The van der Waals surface area contributed by atoms with Gasteiger partial charge in [0, 0.05) is 0 Å². The van der Waals surface area contributed by atoms with Gasteiger partial charge in [-0.1, -0.05) is 0 Å². The fraction of sp³-hybridized carbons (Fsp3) is 0.333. The molecule has 0 amide bonds. The summed E-state index contributed by atoms with van der Waals surface area (Å²) in [7, 11) is 0. The highest BCUT2D eigenvalue weighted by atomic mass is 79.9. The molecule has 1 aromatic carbocycles. The fourth-order valence-corrected chi connectivity index (χ4v) is 1.84. The Labute approximate surface area is 112 Å². The summed E-state index contributed by atoms with van der Waals surface area (Å²) in [6.45, 7) is 5.27. The van der Waals surface area contributed by atoms with Crippen molar-refractivity contribution in [1.82, 2.24) is 9.78 Å². The summed E-state index contributed by atoms with van der Waals surface area (Å²) in [5, 5.41) is 4.14. The minimum Gasteiger partial charge on any atom is -0.442 e. The summed E-state index contributed by atoms with van der Waals surface area (Å²) < 4.78 is 20.3. The zero-order valence-corrected chi connectivity index (χ0v) is 11.8. The highest BCUT2D eigenvalue weighted by Crippen LogP contribution is 2.25. The highest BCUT2D eigenvalue weighted by Gasteiger charge is 2.21. The number of aromatic nitrogens is 2. The number of carbonyl (C=O) groups excluding carboxylic acids is 1. The normalized spacial score (nSPS) is 11.8. The molecule has 2 aromatic rings. The second kappa shape index (κ2) is 4.35. The SMILES string of the molecule is CC(C)(C)OC(=O)n1ncc2c(F)c(Br)ccc21. The van der Waals surface area contributed by atoms with Crippen molar-refractivity contribution in [3.05, 3.63) is 28.6 Å². The first-order valence-corrected chi connectivity index (χ1v) is 6.14. The van der Waals surface area contributed by atoms with E-state index < -0.39 is 17.5 Å². The van der Waals surface area contributed by atoms with Crippen LogP contribution in [0.2, 0.25) is 0 Å². The van der Waals surface area contributed by atoms with Crippen molar-refractivity contribution in [3.63, 3.8) is 0 Å². The van der Waals surface area contributed by atoms with E-state index in [9.17, 15) is 9.18 Å². The van der Waals surface area contributed by atoms with Crippen LogP contribution in [0.1, 0.15) is 20.8 Å². The third-order valence-corrected chi connectivity index (χ3v) is 2.82. The molecule has 0 bridgehead atoms. The van der Waals surface area contributed by atoms with Crippen molar-refractivity contribution in [2.45, 2.75) is 26.4 Å². The molecule has 4 nitrogen and oxygen atoms in total. The summed E-state index contributed by atoms with van der Waals surface area (Å²) in [6, 6.07) is 3.14. The van der Waals surface area contributed by atoms with Gasteiger partial charge in [0.15, 0.2) is 0 Å². The zero-order valence-electron chi connectivity index (χ0n) is 10.2. The number of benzene rings is 1. The van der Waals surface area contributed by atoms with Crippen molar-refractivity contribution < 1.29 is 13.9 Å². The van der Waals surface area contributed by atoms with E-state index in [-0.39, 0.29) is 5.39 Å². The Morgan fingerprint density at radius 1 is 1.44 bits per heavy atom. The first kappa shape index (κ1) is 13.0. The predicted octanol–water partition coefficient (Wildman–Crippen LogP) is 3.72. The van der Waals surface area contributed by atoms with Gasteiger partial charge in [0.05, 0.1) is 21.6 Å². The molecule has 0 aliphatic rings. The maximum absolute atomic E-state index is 13.8. The largest absolute Gasteiger partial charge is 0.442 e. The topological polar surface area (TPSA) is 44.1 Å². The second-order valence-electron chi connectivity index (χ2n) is 4.83. The molecule has 0 aliphatic heterocycles. The summed E-state index contributed by atoms with van der Waals surface area (Å²) in [5.74, 6) is -0.442. The van der Waals surface area contributed by atoms with Gasteiger partial charge < -0.3 is 4.74 Å². The molecule has 0 N–H and O–H groups in total. The summed E-state index contributed by atoms with van der Waals surface area (Å²) in [5.41, 5.74) is -0.242. The lowest BCUT2D eigenvalue weighted by Gasteiger charge is -2.19. The number of hydrogen-bond donors (Lipinski definition) is 0. The minimum absolute atomic E-state index is 0.273. The zero-order chi connectivity index (χ0) is 13.5. The average Bonchev–Trinajstić information content (AvgIpc) is 2.65. The number of hydrogen-bond acceptors (Lipinski definition) is 3. The molecule has 1 aromatic heterocycles. The van der Waals surface area contributed by atoms with Gasteiger partial charge in [0.25, 0.3) is 0 Å². The molecule has 0 radical (unpaired) electrons. The third-order valence-electron chi connectivity index (χ3n) is 2.21. The molecular weight excluding hydrogens is 303 g/mol. The molecule has 1 heterocycles. The van der Waals surface area contributed by atoms with Crippen LogP contribution in [0.5, 0.6) is 0 Å². The van der Waals surface area contributed by atoms with Gasteiger partial charge in [-0.2, -0.15) is 9.78 Å². The summed E-state index contributed by atoms with van der Waals surface area (Å²) >= 11 is 3.08. The Morgan fingerprint density at radius 2 is 2.11 bits per heavy atom. The Kier molecular flexibility index (Phi) is 3.14.